The molecule has 0 radical (unpaired) electrons. The number of aromatic nitrogens is 2. The predicted molar refractivity (Wildman–Crippen MR) is 72.9 cm³/mol. The Kier molecular flexibility index (Phi) is 4.30. The maximum atomic E-state index is 5.22. The van der Waals surface area contributed by atoms with E-state index in [-0.39, 0.29) is 0 Å². The number of hydrogen-bond acceptors (Lipinski definition) is 5. The maximum absolute atomic E-state index is 5.22. The van der Waals surface area contributed by atoms with Crippen molar-refractivity contribution < 1.29 is 9.26 Å². The second kappa shape index (κ2) is 6.15. The van der Waals surface area contributed by atoms with Crippen molar-refractivity contribution in [3.63, 3.8) is 0 Å². The molecule has 1 aromatic heterocycles. The van der Waals surface area contributed by atoms with Crippen LogP contribution in [0.3, 0.4) is 0 Å². The van der Waals surface area contributed by atoms with Gasteiger partial charge in [0, 0.05) is 12.1 Å². The zero-order valence-corrected chi connectivity index (χ0v) is 11.1. The van der Waals surface area contributed by atoms with Gasteiger partial charge in [-0.05, 0) is 30.7 Å². The highest BCUT2D eigenvalue weighted by Gasteiger charge is 2.09. The number of rotatable bonds is 6. The number of nitrogens with zero attached hydrogens (tertiary/aromatic N) is 2. The molecule has 0 aliphatic rings. The second-order valence-corrected chi connectivity index (χ2v) is 4.12. The summed E-state index contributed by atoms with van der Waals surface area (Å²) in [5, 5.41) is 7.08. The molecule has 5 heteroatoms. The van der Waals surface area contributed by atoms with Crippen molar-refractivity contribution in [3.05, 3.63) is 42.3 Å². The molecule has 0 atom stereocenters. The van der Waals surface area contributed by atoms with Gasteiger partial charge in [0.25, 0.3) is 0 Å². The average Bonchev–Trinajstić information content (AvgIpc) is 2.88. The van der Waals surface area contributed by atoms with Crippen molar-refractivity contribution in [2.75, 3.05) is 13.7 Å². The third kappa shape index (κ3) is 3.20. The first-order chi connectivity index (χ1) is 9.24. The van der Waals surface area contributed by atoms with E-state index in [2.05, 4.69) is 22.0 Å². The van der Waals surface area contributed by atoms with E-state index < -0.39 is 0 Å². The Morgan fingerprint density at radius 1 is 1.47 bits per heavy atom. The molecule has 1 aromatic carbocycles. The summed E-state index contributed by atoms with van der Waals surface area (Å²) in [4.78, 5) is 4.33. The summed E-state index contributed by atoms with van der Waals surface area (Å²) in [6.07, 6.45) is 1.78. The first kappa shape index (κ1) is 13.3. The van der Waals surface area contributed by atoms with Crippen molar-refractivity contribution in [2.24, 2.45) is 0 Å². The normalized spacial score (nSPS) is 10.4. The van der Waals surface area contributed by atoms with Crippen LogP contribution in [0.5, 0.6) is 5.75 Å². The molecule has 0 saturated carbocycles. The number of benzene rings is 1. The molecular formula is C14H17N3O2. The van der Waals surface area contributed by atoms with Crippen LogP contribution in [0.15, 0.2) is 35.4 Å². The molecule has 100 valence electrons. The molecule has 1 heterocycles. The molecule has 0 aliphatic carbocycles. The van der Waals surface area contributed by atoms with Crippen molar-refractivity contribution in [2.45, 2.75) is 13.5 Å². The molecule has 0 amide bonds. The fourth-order valence-electron chi connectivity index (χ4n) is 1.74. The van der Waals surface area contributed by atoms with Gasteiger partial charge < -0.3 is 14.6 Å². The Balaban J connectivity index is 2.13. The van der Waals surface area contributed by atoms with E-state index in [9.17, 15) is 0 Å². The quantitative estimate of drug-likeness (QED) is 0.637. The molecule has 19 heavy (non-hydrogen) atoms. The summed E-state index contributed by atoms with van der Waals surface area (Å²) in [6, 6.07) is 5.79. The zero-order chi connectivity index (χ0) is 13.7. The third-order valence-corrected chi connectivity index (χ3v) is 2.69. The Labute approximate surface area is 112 Å². The largest absolute Gasteiger partial charge is 0.496 e. The van der Waals surface area contributed by atoms with E-state index in [1.54, 1.807) is 13.2 Å². The Morgan fingerprint density at radius 3 is 3.00 bits per heavy atom. The first-order valence-corrected chi connectivity index (χ1v) is 6.04. The summed E-state index contributed by atoms with van der Waals surface area (Å²) < 4.78 is 10.4. The molecule has 2 rings (SSSR count). The smallest absolute Gasteiger partial charge is 0.240 e. The molecule has 2 aromatic rings. The van der Waals surface area contributed by atoms with Gasteiger partial charge in [-0.15, -0.1) is 6.58 Å². The minimum atomic E-state index is 0.536. The number of hydrogen-bond donors (Lipinski definition) is 1. The molecule has 0 unspecified atom stereocenters. The highest BCUT2D eigenvalue weighted by Crippen LogP contribution is 2.24. The van der Waals surface area contributed by atoms with Crippen molar-refractivity contribution in [3.8, 4) is 17.1 Å². The Hall–Kier alpha value is -2.14. The topological polar surface area (TPSA) is 60.2 Å². The van der Waals surface area contributed by atoms with E-state index in [0.29, 0.717) is 24.8 Å². The van der Waals surface area contributed by atoms with Crippen LogP contribution in [0, 0.1) is 6.92 Å². The van der Waals surface area contributed by atoms with Gasteiger partial charge in [0.05, 0.1) is 13.7 Å². The molecule has 1 N–H and O–H groups in total. The van der Waals surface area contributed by atoms with Gasteiger partial charge in [-0.1, -0.05) is 11.2 Å². The minimum Gasteiger partial charge on any atom is -0.496 e. The number of methoxy groups -OCH3 is 1. The monoisotopic (exact) mass is 259 g/mol. The molecule has 5 nitrogen and oxygen atoms in total. The van der Waals surface area contributed by atoms with E-state index in [1.165, 1.54) is 0 Å². The predicted octanol–water partition coefficient (Wildman–Crippen LogP) is 2.33. The highest BCUT2D eigenvalue weighted by molar-refractivity contribution is 5.58. The second-order valence-electron chi connectivity index (χ2n) is 4.12. The lowest BCUT2D eigenvalue weighted by Gasteiger charge is -2.04. The van der Waals surface area contributed by atoms with E-state index in [1.807, 2.05) is 25.1 Å². The SMILES string of the molecule is C=CCNCc1nc(-c2ccc(OC)c(C)c2)no1. The molecular weight excluding hydrogens is 242 g/mol. The van der Waals surface area contributed by atoms with Crippen molar-refractivity contribution in [1.29, 1.82) is 0 Å². The summed E-state index contributed by atoms with van der Waals surface area (Å²) in [6.45, 7) is 6.85. The fourth-order valence-corrected chi connectivity index (χ4v) is 1.74. The Bertz CT molecular complexity index is 564. The lowest BCUT2D eigenvalue weighted by atomic mass is 10.1. The van der Waals surface area contributed by atoms with Crippen LogP contribution < -0.4 is 10.1 Å². The van der Waals surface area contributed by atoms with Crippen LogP contribution in [0.2, 0.25) is 0 Å². The van der Waals surface area contributed by atoms with Gasteiger partial charge in [-0.3, -0.25) is 0 Å². The van der Waals surface area contributed by atoms with Gasteiger partial charge in [-0.2, -0.15) is 4.98 Å². The molecule has 0 bridgehead atoms. The lowest BCUT2D eigenvalue weighted by Crippen LogP contribution is -2.12. The van der Waals surface area contributed by atoms with E-state index >= 15 is 0 Å². The standard InChI is InChI=1S/C14H17N3O2/c1-4-7-15-9-13-16-14(17-19-13)11-5-6-12(18-3)10(2)8-11/h4-6,8,15H,1,7,9H2,2-3H3. The average molecular weight is 259 g/mol. The summed E-state index contributed by atoms with van der Waals surface area (Å²) >= 11 is 0. The highest BCUT2D eigenvalue weighted by atomic mass is 16.5. The lowest BCUT2D eigenvalue weighted by molar-refractivity contribution is 0.370. The molecule has 0 spiro atoms. The molecule has 0 aliphatic heterocycles. The third-order valence-electron chi connectivity index (χ3n) is 2.69. The summed E-state index contributed by atoms with van der Waals surface area (Å²) in [5.41, 5.74) is 1.95. The van der Waals surface area contributed by atoms with Crippen LogP contribution in [-0.4, -0.2) is 23.8 Å². The zero-order valence-electron chi connectivity index (χ0n) is 11.1. The van der Waals surface area contributed by atoms with Crippen LogP contribution in [0.4, 0.5) is 0 Å². The van der Waals surface area contributed by atoms with E-state index in [0.717, 1.165) is 16.9 Å². The summed E-state index contributed by atoms with van der Waals surface area (Å²) in [7, 11) is 1.65. The Morgan fingerprint density at radius 2 is 2.32 bits per heavy atom. The maximum Gasteiger partial charge on any atom is 0.240 e. The van der Waals surface area contributed by atoms with Crippen molar-refractivity contribution >= 4 is 0 Å². The summed E-state index contributed by atoms with van der Waals surface area (Å²) in [5.74, 6) is 1.99. The minimum absolute atomic E-state index is 0.536. The van der Waals surface area contributed by atoms with E-state index in [4.69, 9.17) is 9.26 Å². The van der Waals surface area contributed by atoms with Gasteiger partial charge in [-0.25, -0.2) is 0 Å². The number of ether oxygens (including phenoxy) is 1. The van der Waals surface area contributed by atoms with Gasteiger partial charge >= 0.3 is 0 Å². The van der Waals surface area contributed by atoms with Crippen LogP contribution in [0.25, 0.3) is 11.4 Å². The number of aryl methyl sites for hydroxylation is 1. The van der Waals surface area contributed by atoms with Crippen molar-refractivity contribution in [1.82, 2.24) is 15.5 Å². The van der Waals surface area contributed by atoms with Gasteiger partial charge in [0.1, 0.15) is 5.75 Å². The van der Waals surface area contributed by atoms with Crippen LogP contribution in [0.1, 0.15) is 11.5 Å². The first-order valence-electron chi connectivity index (χ1n) is 6.04. The number of nitrogens with one attached hydrogen (secondary N) is 1. The van der Waals surface area contributed by atoms with Gasteiger partial charge in [0.15, 0.2) is 0 Å². The van der Waals surface area contributed by atoms with Crippen LogP contribution >= 0.6 is 0 Å². The molecule has 0 saturated heterocycles. The fraction of sp³-hybridized carbons (Fsp3) is 0.286. The van der Waals surface area contributed by atoms with Crippen LogP contribution in [-0.2, 0) is 6.54 Å². The molecule has 0 fully saturated rings. The van der Waals surface area contributed by atoms with Gasteiger partial charge in [0.2, 0.25) is 11.7 Å².